The van der Waals surface area contributed by atoms with Gasteiger partial charge in [0.1, 0.15) is 17.2 Å². The number of allylic oxidation sites excluding steroid dienone is 2. The number of pyridine rings is 1. The van der Waals surface area contributed by atoms with E-state index in [0.29, 0.717) is 0 Å². The number of nitrogens with one attached hydrogen (secondary N) is 1. The van der Waals surface area contributed by atoms with Gasteiger partial charge in [0.2, 0.25) is 5.95 Å². The van der Waals surface area contributed by atoms with Crippen LogP contribution in [-0.4, -0.2) is 82.2 Å². The molecule has 0 saturated carbocycles. The van der Waals surface area contributed by atoms with E-state index in [9.17, 15) is 9.59 Å². The van der Waals surface area contributed by atoms with Crippen LogP contribution >= 0.6 is 0 Å². The molecule has 1 amide bonds. The van der Waals surface area contributed by atoms with Gasteiger partial charge in [0.05, 0.1) is 16.8 Å². The van der Waals surface area contributed by atoms with Crippen LogP contribution in [-0.2, 0) is 11.8 Å². The van der Waals surface area contributed by atoms with Gasteiger partial charge in [-0.1, -0.05) is 6.58 Å². The van der Waals surface area contributed by atoms with Crippen molar-refractivity contribution in [3.8, 4) is 0 Å². The van der Waals surface area contributed by atoms with E-state index in [4.69, 9.17) is 0 Å². The highest BCUT2D eigenvalue weighted by molar-refractivity contribution is 5.90. The number of benzene rings is 1. The number of anilines is 4. The number of carbonyl (C=O) groups excluding carboxylic acids is 1. The number of alkyl halides is 1. The maximum atomic E-state index is 16.3. The van der Waals surface area contributed by atoms with Crippen LogP contribution in [0.5, 0.6) is 0 Å². The molecule has 3 aliphatic rings. The molecule has 3 aromatic rings. The number of halogens is 3. The van der Waals surface area contributed by atoms with Gasteiger partial charge in [0, 0.05) is 70.3 Å². The molecule has 2 aromatic heterocycles. The van der Waals surface area contributed by atoms with Crippen molar-refractivity contribution < 1.29 is 18.0 Å². The summed E-state index contributed by atoms with van der Waals surface area (Å²) in [5.74, 6) is -2.22. The van der Waals surface area contributed by atoms with E-state index in [-0.39, 0.29) is 47.0 Å². The van der Waals surface area contributed by atoms with Crippen LogP contribution in [0.15, 0.2) is 70.7 Å². The minimum absolute atomic E-state index is 0.0316. The maximum Gasteiger partial charge on any atom is 0.278 e. The number of hydrogen-bond donors (Lipinski definition) is 1. The molecule has 236 valence electrons. The Balaban J connectivity index is 1.34. The first-order chi connectivity index (χ1) is 21.4. The Labute approximate surface area is 258 Å². The van der Waals surface area contributed by atoms with Crippen LogP contribution in [0.3, 0.4) is 0 Å². The van der Waals surface area contributed by atoms with Crippen molar-refractivity contribution in [2.75, 3.05) is 61.4 Å². The van der Waals surface area contributed by atoms with E-state index in [1.165, 1.54) is 41.5 Å². The van der Waals surface area contributed by atoms with E-state index in [1.54, 1.807) is 0 Å². The lowest BCUT2D eigenvalue weighted by atomic mass is 9.85. The standard InChI is InChI=1S/C32H35F3N8O2/c1-6-24(44)42-15-16-43(27-23(33)17-32(3,35)19(2)26(27)42)28-25(34)22-18-36-31(38-29(22)40(5)30(28)45)37-20-7-9-21(10-8-20)41-13-11-39(4)12-14-41/h6-10,18H,1,11-17H2,2-5H3,(H,36,37,38). The number of piperazine rings is 2. The van der Waals surface area contributed by atoms with Crippen molar-refractivity contribution in [1.82, 2.24) is 24.3 Å². The van der Waals surface area contributed by atoms with E-state index >= 15 is 13.2 Å². The number of aryl methyl sites for hydroxylation is 1. The molecule has 0 radical (unpaired) electrons. The molecule has 13 heteroatoms. The minimum atomic E-state index is -2.08. The van der Waals surface area contributed by atoms with Gasteiger partial charge in [-0.15, -0.1) is 0 Å². The monoisotopic (exact) mass is 620 g/mol. The van der Waals surface area contributed by atoms with Crippen LogP contribution in [0, 0.1) is 5.82 Å². The summed E-state index contributed by atoms with van der Waals surface area (Å²) in [7, 11) is 3.55. The Kier molecular flexibility index (Phi) is 7.67. The van der Waals surface area contributed by atoms with Crippen LogP contribution in [0.2, 0.25) is 0 Å². The molecule has 1 aromatic carbocycles. The Bertz CT molecular complexity index is 1820. The topological polar surface area (TPSA) is 89.8 Å². The van der Waals surface area contributed by atoms with E-state index in [2.05, 4.69) is 38.7 Å². The van der Waals surface area contributed by atoms with Crippen molar-refractivity contribution in [2.45, 2.75) is 25.9 Å². The summed E-state index contributed by atoms with van der Waals surface area (Å²) in [6, 6.07) is 7.83. The lowest BCUT2D eigenvalue weighted by molar-refractivity contribution is -0.124. The first-order valence-electron chi connectivity index (χ1n) is 14.8. The molecule has 0 bridgehead atoms. The Morgan fingerprint density at radius 2 is 1.73 bits per heavy atom. The lowest BCUT2D eigenvalue weighted by Gasteiger charge is -2.44. The fraction of sp³-hybridized carbons (Fsp3) is 0.375. The smallest absolute Gasteiger partial charge is 0.278 e. The number of fused-ring (bicyclic) bond motifs is 2. The number of rotatable bonds is 5. The summed E-state index contributed by atoms with van der Waals surface area (Å²) in [5.41, 5.74) is -1.56. The predicted octanol–water partition coefficient (Wildman–Crippen LogP) is 4.38. The van der Waals surface area contributed by atoms with Crippen LogP contribution < -0.4 is 20.7 Å². The summed E-state index contributed by atoms with van der Waals surface area (Å²) in [6.45, 7) is 9.91. The number of hydrogen-bond acceptors (Lipinski definition) is 8. The molecule has 4 heterocycles. The predicted molar refractivity (Wildman–Crippen MR) is 168 cm³/mol. The van der Waals surface area contributed by atoms with Gasteiger partial charge >= 0.3 is 0 Å². The molecular formula is C32H35F3N8O2. The van der Waals surface area contributed by atoms with Gasteiger partial charge in [-0.25, -0.2) is 18.2 Å². The first-order valence-corrected chi connectivity index (χ1v) is 14.8. The van der Waals surface area contributed by atoms with Gasteiger partial charge < -0.3 is 24.9 Å². The zero-order chi connectivity index (χ0) is 32.2. The zero-order valence-electron chi connectivity index (χ0n) is 25.7. The average molecular weight is 621 g/mol. The number of amides is 1. The molecule has 6 rings (SSSR count). The second-order valence-corrected chi connectivity index (χ2v) is 11.9. The van der Waals surface area contributed by atoms with Crippen molar-refractivity contribution in [1.29, 1.82) is 0 Å². The fourth-order valence-corrected chi connectivity index (χ4v) is 6.15. The summed E-state index contributed by atoms with van der Waals surface area (Å²) in [6.07, 6.45) is 1.70. The quantitative estimate of drug-likeness (QED) is 0.421. The van der Waals surface area contributed by atoms with E-state index in [0.717, 1.165) is 43.6 Å². The van der Waals surface area contributed by atoms with Crippen molar-refractivity contribution in [3.05, 3.63) is 82.1 Å². The third-order valence-corrected chi connectivity index (χ3v) is 8.93. The SMILES string of the molecule is C=CC(=O)N1CCN(c2c(F)c3cnc(Nc4ccc(N5CCN(C)CC5)cc4)nc3n(C)c2=O)C2=C(F)CC(C)(F)C(C)=C21. The van der Waals surface area contributed by atoms with Gasteiger partial charge in [-0.2, -0.15) is 4.98 Å². The highest BCUT2D eigenvalue weighted by Crippen LogP contribution is 2.45. The number of likely N-dealkylation sites (N-methyl/N-ethyl adjacent to an activating group) is 1. The molecule has 2 fully saturated rings. The van der Waals surface area contributed by atoms with Crippen molar-refractivity contribution in [2.24, 2.45) is 7.05 Å². The van der Waals surface area contributed by atoms with E-state index in [1.807, 2.05) is 24.3 Å². The molecule has 1 unspecified atom stereocenters. The number of nitrogens with zero attached hydrogens (tertiary/aromatic N) is 7. The highest BCUT2D eigenvalue weighted by Gasteiger charge is 2.45. The average Bonchev–Trinajstić information content (AvgIpc) is 3.02. The molecule has 45 heavy (non-hydrogen) atoms. The second-order valence-electron chi connectivity index (χ2n) is 11.9. The lowest BCUT2D eigenvalue weighted by Crippen LogP contribution is -2.50. The van der Waals surface area contributed by atoms with E-state index < -0.39 is 40.9 Å². The number of aromatic nitrogens is 3. The van der Waals surface area contributed by atoms with Gasteiger partial charge in [-0.3, -0.25) is 14.2 Å². The molecule has 0 spiro atoms. The summed E-state index contributed by atoms with van der Waals surface area (Å²) < 4.78 is 48.5. The summed E-state index contributed by atoms with van der Waals surface area (Å²) >= 11 is 0. The summed E-state index contributed by atoms with van der Waals surface area (Å²) in [5, 5.41) is 3.06. The number of carbonyl (C=O) groups is 1. The molecule has 2 aliphatic heterocycles. The molecule has 10 nitrogen and oxygen atoms in total. The third kappa shape index (κ3) is 5.24. The Morgan fingerprint density at radius 1 is 1.04 bits per heavy atom. The van der Waals surface area contributed by atoms with Gasteiger partial charge in [0.25, 0.3) is 11.5 Å². The molecule has 1 aliphatic carbocycles. The third-order valence-electron chi connectivity index (χ3n) is 8.93. The van der Waals surface area contributed by atoms with Gasteiger partial charge in [0.15, 0.2) is 11.5 Å². The van der Waals surface area contributed by atoms with Crippen LogP contribution in [0.25, 0.3) is 11.0 Å². The highest BCUT2D eigenvalue weighted by atomic mass is 19.2. The molecule has 1 atom stereocenters. The fourth-order valence-electron chi connectivity index (χ4n) is 6.15. The second kappa shape index (κ2) is 11.4. The Hall–Kier alpha value is -4.65. The normalized spacial score (nSPS) is 21.0. The molecular weight excluding hydrogens is 585 g/mol. The van der Waals surface area contributed by atoms with Gasteiger partial charge in [-0.05, 0) is 56.8 Å². The summed E-state index contributed by atoms with van der Waals surface area (Å²) in [4.78, 5) is 42.1. The largest absolute Gasteiger partial charge is 0.369 e. The molecule has 2 saturated heterocycles. The zero-order valence-corrected chi connectivity index (χ0v) is 25.7. The van der Waals surface area contributed by atoms with Crippen LogP contribution in [0.1, 0.15) is 20.3 Å². The molecule has 1 N–H and O–H groups in total. The van der Waals surface area contributed by atoms with Crippen molar-refractivity contribution >= 4 is 40.0 Å². The van der Waals surface area contributed by atoms with Crippen molar-refractivity contribution in [3.63, 3.8) is 0 Å². The minimum Gasteiger partial charge on any atom is -0.369 e. The maximum absolute atomic E-state index is 16.3. The first kappa shape index (κ1) is 30.4. The van der Waals surface area contributed by atoms with Crippen LogP contribution in [0.4, 0.5) is 36.2 Å². The Morgan fingerprint density at radius 3 is 2.40 bits per heavy atom.